The number of hydrogen-bond donors (Lipinski definition) is 4. The van der Waals surface area contributed by atoms with Gasteiger partial charge in [-0.1, -0.05) is 29.4 Å². The Kier molecular flexibility index (Phi) is 5.09. The van der Waals surface area contributed by atoms with Crippen molar-refractivity contribution in [1.82, 2.24) is 19.7 Å². The lowest BCUT2D eigenvalue weighted by molar-refractivity contribution is 0.425. The van der Waals surface area contributed by atoms with Crippen LogP contribution in [0.3, 0.4) is 0 Å². The number of benzene rings is 2. The number of allylic oxidation sites excluding steroid dienone is 1. The van der Waals surface area contributed by atoms with E-state index < -0.39 is 17.0 Å². The monoisotopic (exact) mass is 514 g/mol. The molecule has 6 rings (SSSR count). The van der Waals surface area contributed by atoms with Crippen molar-refractivity contribution in [3.8, 4) is 28.7 Å². The predicted octanol–water partition coefficient (Wildman–Crippen LogP) is 3.92. The summed E-state index contributed by atoms with van der Waals surface area (Å²) in [6.07, 6.45) is 2.96. The largest absolute Gasteiger partial charge is 0.507 e. The number of aromatic hydroxyl groups is 2. The van der Waals surface area contributed by atoms with E-state index in [1.165, 1.54) is 22.9 Å². The summed E-state index contributed by atoms with van der Waals surface area (Å²) < 4.78 is 12.9. The van der Waals surface area contributed by atoms with Crippen LogP contribution in [-0.2, 0) is 7.05 Å². The molecule has 1 aliphatic rings. The molecule has 0 spiro atoms. The maximum atomic E-state index is 13.4. The average Bonchev–Trinajstić information content (AvgIpc) is 3.36. The van der Waals surface area contributed by atoms with Gasteiger partial charge in [-0.2, -0.15) is 0 Å². The molecule has 3 aromatic heterocycles. The fraction of sp³-hybridized carbons (Fsp3) is 0.0769. The minimum Gasteiger partial charge on any atom is -0.507 e. The van der Waals surface area contributed by atoms with Gasteiger partial charge in [-0.15, -0.1) is 0 Å². The number of ether oxygens (including phenoxy) is 1. The number of phenolic OH excluding ortho intramolecular Hbond substituents is 1. The van der Waals surface area contributed by atoms with E-state index in [9.17, 15) is 19.8 Å². The minimum absolute atomic E-state index is 0.00953. The molecule has 4 N–H and O–H groups in total. The summed E-state index contributed by atoms with van der Waals surface area (Å²) in [6, 6.07) is 13.5. The molecule has 2 aromatic carbocycles. The lowest BCUT2D eigenvalue weighted by atomic mass is 9.88. The molecule has 0 bridgehead atoms. The molecule has 0 aliphatic carbocycles. The van der Waals surface area contributed by atoms with Crippen molar-refractivity contribution in [1.29, 1.82) is 0 Å². The van der Waals surface area contributed by atoms with Crippen molar-refractivity contribution in [2.75, 3.05) is 0 Å². The molecule has 10 nitrogen and oxygen atoms in total. The normalized spacial score (nSPS) is 14.7. The van der Waals surface area contributed by atoms with Crippen molar-refractivity contribution in [2.45, 2.75) is 5.92 Å². The molecule has 1 atom stereocenters. The smallest absolute Gasteiger partial charge is 0.265 e. The van der Waals surface area contributed by atoms with Crippen LogP contribution in [0.1, 0.15) is 22.6 Å². The van der Waals surface area contributed by atoms with Gasteiger partial charge in [0.1, 0.15) is 22.8 Å². The quantitative estimate of drug-likeness (QED) is 0.265. The van der Waals surface area contributed by atoms with E-state index >= 15 is 0 Å². The number of para-hydroxylation sites is 2. The second-order valence-electron chi connectivity index (χ2n) is 8.49. The first-order valence-corrected chi connectivity index (χ1v) is 11.6. The van der Waals surface area contributed by atoms with Crippen LogP contribution in [0.4, 0.5) is 0 Å². The molecule has 0 amide bonds. The first kappa shape index (κ1) is 22.6. The summed E-state index contributed by atoms with van der Waals surface area (Å²) in [7, 11) is 1.59. The van der Waals surface area contributed by atoms with Crippen molar-refractivity contribution >= 4 is 28.9 Å². The topological polar surface area (TPSA) is 146 Å². The Balaban J connectivity index is 1.64. The predicted molar refractivity (Wildman–Crippen MR) is 137 cm³/mol. The fourth-order valence-electron chi connectivity index (χ4n) is 4.64. The third-order valence-corrected chi connectivity index (χ3v) is 6.59. The number of aryl methyl sites for hydroxylation is 1. The third-order valence-electron chi connectivity index (χ3n) is 6.39. The van der Waals surface area contributed by atoms with E-state index in [0.717, 1.165) is 0 Å². The number of nitrogens with zero attached hydrogens (tertiary/aromatic N) is 2. The highest BCUT2D eigenvalue weighted by atomic mass is 32.1. The van der Waals surface area contributed by atoms with Gasteiger partial charge < -0.3 is 29.0 Å². The van der Waals surface area contributed by atoms with Crippen molar-refractivity contribution in [3.63, 3.8) is 0 Å². The molecule has 1 aliphatic heterocycles. The number of rotatable bonds is 3. The molecule has 11 heteroatoms. The maximum absolute atomic E-state index is 13.4. The Labute approximate surface area is 212 Å². The summed E-state index contributed by atoms with van der Waals surface area (Å²) in [5, 5.41) is 25.9. The molecular weight excluding hydrogens is 496 g/mol. The number of nitrogens with one attached hydrogen (secondary N) is 2. The van der Waals surface area contributed by atoms with Gasteiger partial charge in [-0.25, -0.2) is 0 Å². The second kappa shape index (κ2) is 8.35. The SMILES string of the molecule is Cn1c(=O)c(C2=CC(c3cnoc3-c3ccccc3O)c3c([nH]c(=S)[nH]c3=O)O2)c(O)c2ccccc21. The number of fused-ring (bicyclic) bond motifs is 2. The van der Waals surface area contributed by atoms with E-state index in [-0.39, 0.29) is 44.8 Å². The van der Waals surface area contributed by atoms with Gasteiger partial charge in [0.05, 0.1) is 22.8 Å². The first-order valence-electron chi connectivity index (χ1n) is 11.1. The fourth-order valence-corrected chi connectivity index (χ4v) is 4.82. The van der Waals surface area contributed by atoms with Crippen LogP contribution < -0.4 is 15.9 Å². The Morgan fingerprint density at radius 3 is 2.62 bits per heavy atom. The Bertz CT molecular complexity index is 1930. The summed E-state index contributed by atoms with van der Waals surface area (Å²) in [5.41, 5.74) is 0.392. The van der Waals surface area contributed by atoms with Gasteiger partial charge >= 0.3 is 0 Å². The van der Waals surface area contributed by atoms with E-state index in [0.29, 0.717) is 22.0 Å². The lowest BCUT2D eigenvalue weighted by Gasteiger charge is -2.24. The molecule has 37 heavy (non-hydrogen) atoms. The lowest BCUT2D eigenvalue weighted by Crippen LogP contribution is -2.27. The van der Waals surface area contributed by atoms with Crippen LogP contribution in [0.5, 0.6) is 17.4 Å². The Hall–Kier alpha value is -4.90. The van der Waals surface area contributed by atoms with Gasteiger partial charge in [0, 0.05) is 23.9 Å². The van der Waals surface area contributed by atoms with Gasteiger partial charge in [-0.3, -0.25) is 14.6 Å². The minimum atomic E-state index is -0.842. The van der Waals surface area contributed by atoms with Gasteiger partial charge in [-0.05, 0) is 42.6 Å². The van der Waals surface area contributed by atoms with Crippen LogP contribution in [0.15, 0.2) is 74.9 Å². The second-order valence-corrected chi connectivity index (χ2v) is 8.90. The van der Waals surface area contributed by atoms with Crippen molar-refractivity contribution in [3.05, 3.63) is 103 Å². The zero-order chi connectivity index (χ0) is 25.8. The third kappa shape index (κ3) is 3.47. The van der Waals surface area contributed by atoms with Crippen LogP contribution in [0.2, 0.25) is 0 Å². The standard InChI is InChI=1S/C26H18N4O6S/c1-30-16-8-4-2-6-12(16)21(32)20(25(30)34)18-10-14(19-23(33)28-26(37)29-24(19)35-18)15-11-27-36-22(15)13-7-3-5-9-17(13)31/h2-11,14,31-32H,1H3,(H2,28,29,33,37). The van der Waals surface area contributed by atoms with E-state index in [4.69, 9.17) is 21.5 Å². The molecular formula is C26H18N4O6S. The van der Waals surface area contributed by atoms with Gasteiger partial charge in [0.25, 0.3) is 11.1 Å². The molecule has 1 unspecified atom stereocenters. The first-order chi connectivity index (χ1) is 17.8. The molecule has 0 saturated carbocycles. The van der Waals surface area contributed by atoms with E-state index in [1.807, 2.05) is 0 Å². The van der Waals surface area contributed by atoms with E-state index in [1.54, 1.807) is 49.5 Å². The highest BCUT2D eigenvalue weighted by molar-refractivity contribution is 7.71. The van der Waals surface area contributed by atoms with Crippen molar-refractivity contribution < 1.29 is 19.5 Å². The molecule has 4 heterocycles. The van der Waals surface area contributed by atoms with Crippen LogP contribution in [-0.4, -0.2) is 29.9 Å². The molecule has 0 saturated heterocycles. The Morgan fingerprint density at radius 1 is 1.05 bits per heavy atom. The van der Waals surface area contributed by atoms with E-state index in [2.05, 4.69) is 15.1 Å². The summed E-state index contributed by atoms with van der Waals surface area (Å²) in [5.74, 6) is -0.895. The van der Waals surface area contributed by atoms with Crippen LogP contribution in [0.25, 0.3) is 28.0 Å². The van der Waals surface area contributed by atoms with Crippen molar-refractivity contribution in [2.24, 2.45) is 7.05 Å². The number of phenols is 1. The summed E-state index contributed by atoms with van der Waals surface area (Å²) >= 11 is 5.14. The highest BCUT2D eigenvalue weighted by Gasteiger charge is 2.34. The highest BCUT2D eigenvalue weighted by Crippen LogP contribution is 2.44. The number of aromatic amines is 2. The Morgan fingerprint density at radius 2 is 1.81 bits per heavy atom. The van der Waals surface area contributed by atoms with Crippen LogP contribution in [0, 0.1) is 4.77 Å². The average molecular weight is 515 g/mol. The molecule has 184 valence electrons. The van der Waals surface area contributed by atoms with Gasteiger partial charge in [0.15, 0.2) is 10.5 Å². The maximum Gasteiger partial charge on any atom is 0.265 e. The zero-order valence-corrected chi connectivity index (χ0v) is 20.0. The number of aromatic nitrogens is 4. The molecule has 5 aromatic rings. The number of pyridine rings is 1. The zero-order valence-electron chi connectivity index (χ0n) is 19.2. The summed E-state index contributed by atoms with van der Waals surface area (Å²) in [6.45, 7) is 0. The summed E-state index contributed by atoms with van der Waals surface area (Å²) in [4.78, 5) is 31.8. The van der Waals surface area contributed by atoms with Crippen LogP contribution >= 0.6 is 12.2 Å². The number of H-pyrrole nitrogens is 2. The van der Waals surface area contributed by atoms with Gasteiger partial charge in [0.2, 0.25) is 5.88 Å². The molecule has 0 radical (unpaired) electrons. The number of hydrogen-bond acceptors (Lipinski definition) is 8. The molecule has 0 fully saturated rings.